The fraction of sp³-hybridized carbons (Fsp3) is 0.529. The first-order valence-electron chi connectivity index (χ1n) is 7.42. The van der Waals surface area contributed by atoms with Crippen LogP contribution in [0.5, 0.6) is 5.75 Å². The molecule has 1 unspecified atom stereocenters. The lowest BCUT2D eigenvalue weighted by atomic mass is 10.0. The number of benzene rings is 1. The maximum absolute atomic E-state index is 13.5. The lowest BCUT2D eigenvalue weighted by Crippen LogP contribution is -2.37. The fourth-order valence-electron chi connectivity index (χ4n) is 2.68. The predicted molar refractivity (Wildman–Crippen MR) is 80.7 cm³/mol. The van der Waals surface area contributed by atoms with Crippen molar-refractivity contribution in [1.82, 2.24) is 4.90 Å². The number of hydrogen-bond donors (Lipinski definition) is 1. The molecule has 2 rings (SSSR count). The molecule has 1 aliphatic heterocycles. The van der Waals surface area contributed by atoms with Gasteiger partial charge in [-0.15, -0.1) is 0 Å². The van der Waals surface area contributed by atoms with Gasteiger partial charge in [-0.05, 0) is 45.0 Å². The van der Waals surface area contributed by atoms with Gasteiger partial charge in [-0.1, -0.05) is 18.3 Å². The number of aliphatic hydroxyl groups excluding tert-OH is 1. The zero-order chi connectivity index (χ0) is 15.1. The van der Waals surface area contributed by atoms with E-state index >= 15 is 0 Å². The molecule has 1 heterocycles. The Morgan fingerprint density at radius 1 is 1.38 bits per heavy atom. The van der Waals surface area contributed by atoms with Crippen molar-refractivity contribution >= 4 is 0 Å². The zero-order valence-corrected chi connectivity index (χ0v) is 12.4. The number of ether oxygens (including phenoxy) is 1. The summed E-state index contributed by atoms with van der Waals surface area (Å²) in [5.41, 5.74) is 0.522. The highest BCUT2D eigenvalue weighted by molar-refractivity contribution is 5.40. The molecule has 1 atom stereocenters. The Bertz CT molecular complexity index is 521. The van der Waals surface area contributed by atoms with E-state index in [-0.39, 0.29) is 12.4 Å². The molecule has 0 aliphatic carbocycles. The van der Waals surface area contributed by atoms with Crippen molar-refractivity contribution in [3.05, 3.63) is 29.6 Å². The molecule has 3 nitrogen and oxygen atoms in total. The Balaban J connectivity index is 1.89. The van der Waals surface area contributed by atoms with Crippen molar-refractivity contribution in [2.24, 2.45) is 0 Å². The monoisotopic (exact) mass is 291 g/mol. The second kappa shape index (κ2) is 8.02. The largest absolute Gasteiger partial charge is 0.493 e. The van der Waals surface area contributed by atoms with Crippen LogP contribution in [0.25, 0.3) is 0 Å². The van der Waals surface area contributed by atoms with E-state index < -0.39 is 0 Å². The van der Waals surface area contributed by atoms with Gasteiger partial charge in [-0.2, -0.15) is 0 Å². The number of rotatable bonds is 4. The average Bonchev–Trinajstić information content (AvgIpc) is 2.47. The number of hydrogen-bond acceptors (Lipinski definition) is 3. The van der Waals surface area contributed by atoms with Crippen molar-refractivity contribution in [1.29, 1.82) is 0 Å². The first kappa shape index (κ1) is 15.8. The number of piperidine rings is 1. The molecular formula is C17H22FNO2. The number of aliphatic hydroxyl groups is 1. The van der Waals surface area contributed by atoms with E-state index in [1.165, 1.54) is 31.4 Å². The van der Waals surface area contributed by atoms with Gasteiger partial charge in [0, 0.05) is 17.7 Å². The van der Waals surface area contributed by atoms with Gasteiger partial charge in [0.1, 0.15) is 18.2 Å². The van der Waals surface area contributed by atoms with E-state index in [1.807, 2.05) is 0 Å². The molecule has 4 heteroatoms. The van der Waals surface area contributed by atoms with Crippen LogP contribution in [0, 0.1) is 17.7 Å². The number of nitrogens with zero attached hydrogens (tertiary/aromatic N) is 1. The summed E-state index contributed by atoms with van der Waals surface area (Å²) in [6, 6.07) is 4.97. The minimum atomic E-state index is -0.371. The molecule has 0 radical (unpaired) electrons. The SMILES string of the molecule is CN1CCCCC1CCOc1cc(F)cc(C#CCO)c1. The van der Waals surface area contributed by atoms with Crippen molar-refractivity contribution < 1.29 is 14.2 Å². The summed E-state index contributed by atoms with van der Waals surface area (Å²) in [5.74, 6) is 5.33. The fourth-order valence-corrected chi connectivity index (χ4v) is 2.68. The molecule has 21 heavy (non-hydrogen) atoms. The first-order chi connectivity index (χ1) is 10.2. The third-order valence-corrected chi connectivity index (χ3v) is 3.82. The normalized spacial score (nSPS) is 18.9. The average molecular weight is 291 g/mol. The van der Waals surface area contributed by atoms with Crippen LogP contribution >= 0.6 is 0 Å². The Labute approximate surface area is 125 Å². The standard InChI is InChI=1S/C17H22FNO2/c1-19-8-3-2-6-16(19)7-10-21-17-12-14(5-4-9-20)11-15(18)13-17/h11-13,16,20H,2-3,6-10H2,1H3. The molecule has 1 aromatic carbocycles. The van der Waals surface area contributed by atoms with Crippen LogP contribution in [-0.4, -0.2) is 42.9 Å². The Morgan fingerprint density at radius 2 is 2.24 bits per heavy atom. The second-order valence-corrected chi connectivity index (χ2v) is 5.40. The van der Waals surface area contributed by atoms with Gasteiger partial charge >= 0.3 is 0 Å². The van der Waals surface area contributed by atoms with Gasteiger partial charge in [0.05, 0.1) is 6.61 Å². The molecule has 0 aromatic heterocycles. The van der Waals surface area contributed by atoms with Crippen LogP contribution in [-0.2, 0) is 0 Å². The maximum atomic E-state index is 13.5. The van der Waals surface area contributed by atoms with Gasteiger partial charge in [-0.25, -0.2) is 4.39 Å². The highest BCUT2D eigenvalue weighted by Gasteiger charge is 2.18. The van der Waals surface area contributed by atoms with E-state index in [2.05, 4.69) is 23.8 Å². The third kappa shape index (κ3) is 5.04. The zero-order valence-electron chi connectivity index (χ0n) is 12.4. The lowest BCUT2D eigenvalue weighted by Gasteiger charge is -2.32. The number of halogens is 1. The summed E-state index contributed by atoms with van der Waals surface area (Å²) in [6.45, 7) is 1.48. The Kier molecular flexibility index (Phi) is 6.04. The summed E-state index contributed by atoms with van der Waals surface area (Å²) in [7, 11) is 2.15. The van der Waals surface area contributed by atoms with E-state index in [4.69, 9.17) is 9.84 Å². The van der Waals surface area contributed by atoms with Gasteiger partial charge in [-0.3, -0.25) is 0 Å². The molecular weight excluding hydrogens is 269 g/mol. The summed E-state index contributed by atoms with van der Waals surface area (Å²) in [6.07, 6.45) is 4.70. The predicted octanol–water partition coefficient (Wildman–Crippen LogP) is 2.42. The molecule has 1 fully saturated rings. The summed E-state index contributed by atoms with van der Waals surface area (Å²) in [5, 5.41) is 8.67. The molecule has 0 bridgehead atoms. The van der Waals surface area contributed by atoms with E-state index in [9.17, 15) is 4.39 Å². The first-order valence-corrected chi connectivity index (χ1v) is 7.42. The van der Waals surface area contributed by atoms with Crippen molar-refractivity contribution in [2.75, 3.05) is 26.8 Å². The second-order valence-electron chi connectivity index (χ2n) is 5.40. The highest BCUT2D eigenvalue weighted by atomic mass is 19.1. The molecule has 114 valence electrons. The molecule has 0 spiro atoms. The highest BCUT2D eigenvalue weighted by Crippen LogP contribution is 2.20. The molecule has 1 aromatic rings. The van der Waals surface area contributed by atoms with Crippen LogP contribution in [0.2, 0.25) is 0 Å². The van der Waals surface area contributed by atoms with Crippen LogP contribution in [0.1, 0.15) is 31.2 Å². The maximum Gasteiger partial charge on any atom is 0.128 e. The van der Waals surface area contributed by atoms with Crippen molar-refractivity contribution in [3.8, 4) is 17.6 Å². The van der Waals surface area contributed by atoms with Crippen LogP contribution in [0.4, 0.5) is 4.39 Å². The summed E-state index contributed by atoms with van der Waals surface area (Å²) < 4.78 is 19.1. The van der Waals surface area contributed by atoms with E-state index in [0.29, 0.717) is 24.0 Å². The summed E-state index contributed by atoms with van der Waals surface area (Å²) >= 11 is 0. The Hall–Kier alpha value is -1.57. The molecule has 0 amide bonds. The van der Waals surface area contributed by atoms with Crippen LogP contribution < -0.4 is 4.74 Å². The van der Waals surface area contributed by atoms with Gasteiger partial charge in [0.15, 0.2) is 0 Å². The molecule has 1 N–H and O–H groups in total. The molecule has 0 saturated carbocycles. The van der Waals surface area contributed by atoms with Gasteiger partial charge in [0.25, 0.3) is 0 Å². The van der Waals surface area contributed by atoms with Crippen molar-refractivity contribution in [2.45, 2.75) is 31.7 Å². The van der Waals surface area contributed by atoms with Gasteiger partial charge in [0.2, 0.25) is 0 Å². The quantitative estimate of drug-likeness (QED) is 0.865. The molecule has 1 aliphatic rings. The van der Waals surface area contributed by atoms with Crippen LogP contribution in [0.3, 0.4) is 0 Å². The van der Waals surface area contributed by atoms with Crippen molar-refractivity contribution in [3.63, 3.8) is 0 Å². The van der Waals surface area contributed by atoms with E-state index in [1.54, 1.807) is 6.07 Å². The molecule has 1 saturated heterocycles. The third-order valence-electron chi connectivity index (χ3n) is 3.82. The topological polar surface area (TPSA) is 32.7 Å². The lowest BCUT2D eigenvalue weighted by molar-refractivity contribution is 0.153. The minimum Gasteiger partial charge on any atom is -0.493 e. The minimum absolute atomic E-state index is 0.235. The Morgan fingerprint density at radius 3 is 3.00 bits per heavy atom. The van der Waals surface area contributed by atoms with E-state index in [0.717, 1.165) is 13.0 Å². The summed E-state index contributed by atoms with van der Waals surface area (Å²) in [4.78, 5) is 2.37. The van der Waals surface area contributed by atoms with Crippen LogP contribution in [0.15, 0.2) is 18.2 Å². The smallest absolute Gasteiger partial charge is 0.128 e. The van der Waals surface area contributed by atoms with Gasteiger partial charge < -0.3 is 14.7 Å². The number of likely N-dealkylation sites (tertiary alicyclic amines) is 1.